The zero-order valence-electron chi connectivity index (χ0n) is 10.7. The van der Waals surface area contributed by atoms with E-state index in [0.717, 1.165) is 0 Å². The minimum absolute atomic E-state index is 0.245. The highest BCUT2D eigenvalue weighted by Crippen LogP contribution is 2.23. The topological polar surface area (TPSA) is 47.0 Å². The minimum Gasteiger partial charge on any atom is -0.374 e. The number of anilines is 2. The van der Waals surface area contributed by atoms with Gasteiger partial charge in [-0.25, -0.2) is 14.4 Å². The number of nitrogens with zero attached hydrogens (tertiary/aromatic N) is 2. The molecule has 0 saturated carbocycles. The first kappa shape index (κ1) is 15.0. The molecule has 0 aliphatic rings. The van der Waals surface area contributed by atoms with Gasteiger partial charge in [0.2, 0.25) is 0 Å². The highest BCUT2D eigenvalue weighted by molar-refractivity contribution is 6.30. The van der Waals surface area contributed by atoms with Crippen molar-refractivity contribution in [1.82, 2.24) is 9.97 Å². The van der Waals surface area contributed by atoms with Crippen molar-refractivity contribution >= 4 is 34.7 Å². The molecule has 0 spiro atoms. The first-order chi connectivity index (χ1) is 9.58. The molecule has 0 atom stereocenters. The lowest BCUT2D eigenvalue weighted by Gasteiger charge is -2.09. The standard InChI is InChI=1S/C13H12Cl2FN3O/c1-2-20-7-13-18-11(15)6-12(19-13)17-10-4-3-8(14)5-9(10)16/h3-6H,2,7H2,1H3,(H,17,18,19). The normalized spacial score (nSPS) is 10.6. The summed E-state index contributed by atoms with van der Waals surface area (Å²) < 4.78 is 18.9. The molecule has 0 bridgehead atoms. The first-order valence-corrected chi connectivity index (χ1v) is 6.67. The molecule has 106 valence electrons. The summed E-state index contributed by atoms with van der Waals surface area (Å²) in [5.41, 5.74) is 0.256. The fraction of sp³-hybridized carbons (Fsp3) is 0.231. The van der Waals surface area contributed by atoms with E-state index < -0.39 is 5.82 Å². The van der Waals surface area contributed by atoms with Crippen LogP contribution in [0.3, 0.4) is 0 Å². The van der Waals surface area contributed by atoms with Gasteiger partial charge in [-0.15, -0.1) is 0 Å². The number of hydrogen-bond donors (Lipinski definition) is 1. The lowest BCUT2D eigenvalue weighted by Crippen LogP contribution is -2.03. The van der Waals surface area contributed by atoms with Crippen LogP contribution in [0.15, 0.2) is 24.3 Å². The molecule has 0 radical (unpaired) electrons. The summed E-state index contributed by atoms with van der Waals surface area (Å²) in [6, 6.07) is 5.83. The Bertz CT molecular complexity index is 610. The van der Waals surface area contributed by atoms with E-state index in [1.807, 2.05) is 6.92 Å². The van der Waals surface area contributed by atoms with Crippen molar-refractivity contribution in [2.75, 3.05) is 11.9 Å². The van der Waals surface area contributed by atoms with Gasteiger partial charge in [-0.05, 0) is 25.1 Å². The Morgan fingerprint density at radius 3 is 2.75 bits per heavy atom. The van der Waals surface area contributed by atoms with Crippen LogP contribution in [0.5, 0.6) is 0 Å². The Morgan fingerprint density at radius 2 is 2.05 bits per heavy atom. The van der Waals surface area contributed by atoms with Gasteiger partial charge in [0, 0.05) is 17.7 Å². The van der Waals surface area contributed by atoms with Crippen molar-refractivity contribution in [3.05, 3.63) is 46.1 Å². The Labute approximate surface area is 125 Å². The molecule has 1 heterocycles. The number of benzene rings is 1. The maximum atomic E-state index is 13.7. The number of ether oxygens (including phenoxy) is 1. The summed E-state index contributed by atoms with van der Waals surface area (Å²) in [4.78, 5) is 8.22. The van der Waals surface area contributed by atoms with Crippen LogP contribution in [0.2, 0.25) is 10.2 Å². The number of aromatic nitrogens is 2. The summed E-state index contributed by atoms with van der Waals surface area (Å²) in [5.74, 6) is 0.343. The molecule has 0 saturated heterocycles. The lowest BCUT2D eigenvalue weighted by atomic mass is 10.3. The van der Waals surface area contributed by atoms with E-state index >= 15 is 0 Å². The van der Waals surface area contributed by atoms with Crippen LogP contribution in [-0.4, -0.2) is 16.6 Å². The Morgan fingerprint density at radius 1 is 1.25 bits per heavy atom. The molecule has 1 aromatic heterocycles. The van der Waals surface area contributed by atoms with Crippen molar-refractivity contribution in [2.45, 2.75) is 13.5 Å². The Hall–Kier alpha value is -1.43. The predicted molar refractivity (Wildman–Crippen MR) is 77.1 cm³/mol. The van der Waals surface area contributed by atoms with Gasteiger partial charge < -0.3 is 10.1 Å². The van der Waals surface area contributed by atoms with E-state index in [0.29, 0.717) is 23.3 Å². The van der Waals surface area contributed by atoms with Gasteiger partial charge in [0.1, 0.15) is 23.4 Å². The summed E-state index contributed by atoms with van der Waals surface area (Å²) >= 11 is 11.6. The van der Waals surface area contributed by atoms with Crippen molar-refractivity contribution < 1.29 is 9.13 Å². The van der Waals surface area contributed by atoms with Gasteiger partial charge in [-0.1, -0.05) is 23.2 Å². The number of nitrogens with one attached hydrogen (secondary N) is 1. The highest BCUT2D eigenvalue weighted by Gasteiger charge is 2.07. The van der Waals surface area contributed by atoms with Crippen molar-refractivity contribution in [3.8, 4) is 0 Å². The second-order valence-corrected chi connectivity index (χ2v) is 4.70. The van der Waals surface area contributed by atoms with Crippen molar-refractivity contribution in [2.24, 2.45) is 0 Å². The van der Waals surface area contributed by atoms with Gasteiger partial charge in [0.05, 0.1) is 5.69 Å². The maximum absolute atomic E-state index is 13.7. The molecular formula is C13H12Cl2FN3O. The molecule has 0 fully saturated rings. The second-order valence-electron chi connectivity index (χ2n) is 3.88. The summed E-state index contributed by atoms with van der Waals surface area (Å²) in [7, 11) is 0. The second kappa shape index (κ2) is 6.83. The van der Waals surface area contributed by atoms with Gasteiger partial charge in [-0.3, -0.25) is 0 Å². The Kier molecular flexibility index (Phi) is 5.11. The first-order valence-electron chi connectivity index (χ1n) is 5.91. The van der Waals surface area contributed by atoms with Gasteiger partial charge in [-0.2, -0.15) is 0 Å². The summed E-state index contributed by atoms with van der Waals surface area (Å²) in [6.45, 7) is 2.66. The molecule has 2 aromatic rings. The third-order valence-electron chi connectivity index (χ3n) is 2.37. The zero-order valence-corrected chi connectivity index (χ0v) is 12.2. The number of hydrogen-bond acceptors (Lipinski definition) is 4. The smallest absolute Gasteiger partial charge is 0.158 e. The molecule has 0 aliphatic carbocycles. The van der Waals surface area contributed by atoms with Gasteiger partial charge in [0.15, 0.2) is 5.82 Å². The molecule has 1 N–H and O–H groups in total. The molecule has 0 aliphatic heterocycles. The summed E-state index contributed by atoms with van der Waals surface area (Å²) in [5, 5.41) is 3.41. The fourth-order valence-corrected chi connectivity index (χ4v) is 1.88. The fourth-order valence-electron chi connectivity index (χ4n) is 1.52. The van der Waals surface area contributed by atoms with Crippen LogP contribution in [-0.2, 0) is 11.3 Å². The average Bonchev–Trinajstić information content (AvgIpc) is 2.39. The molecule has 7 heteroatoms. The van der Waals surface area contributed by atoms with Crippen LogP contribution >= 0.6 is 23.2 Å². The van der Waals surface area contributed by atoms with Gasteiger partial charge in [0.25, 0.3) is 0 Å². The van der Waals surface area contributed by atoms with E-state index in [1.165, 1.54) is 18.2 Å². The van der Waals surface area contributed by atoms with E-state index in [1.54, 1.807) is 6.07 Å². The molecule has 2 rings (SSSR count). The Balaban J connectivity index is 2.21. The quantitative estimate of drug-likeness (QED) is 0.840. The lowest BCUT2D eigenvalue weighted by molar-refractivity contribution is 0.128. The molecular weight excluding hydrogens is 304 g/mol. The van der Waals surface area contributed by atoms with Crippen LogP contribution in [0.1, 0.15) is 12.7 Å². The van der Waals surface area contributed by atoms with Crippen molar-refractivity contribution in [3.63, 3.8) is 0 Å². The molecule has 1 aromatic carbocycles. The third-order valence-corrected chi connectivity index (χ3v) is 2.80. The third kappa shape index (κ3) is 4.03. The summed E-state index contributed by atoms with van der Waals surface area (Å²) in [6.07, 6.45) is 0. The van der Waals surface area contributed by atoms with Crippen LogP contribution in [0.25, 0.3) is 0 Å². The van der Waals surface area contributed by atoms with E-state index in [4.69, 9.17) is 27.9 Å². The van der Waals surface area contributed by atoms with Crippen LogP contribution < -0.4 is 5.32 Å². The monoisotopic (exact) mass is 315 g/mol. The SMILES string of the molecule is CCOCc1nc(Cl)cc(Nc2ccc(Cl)cc2F)n1. The number of rotatable bonds is 5. The molecule has 0 unspecified atom stereocenters. The van der Waals surface area contributed by atoms with Gasteiger partial charge >= 0.3 is 0 Å². The average molecular weight is 316 g/mol. The molecule has 4 nitrogen and oxygen atoms in total. The highest BCUT2D eigenvalue weighted by atomic mass is 35.5. The molecule has 0 amide bonds. The molecule has 20 heavy (non-hydrogen) atoms. The van der Waals surface area contributed by atoms with E-state index in [9.17, 15) is 4.39 Å². The maximum Gasteiger partial charge on any atom is 0.158 e. The largest absolute Gasteiger partial charge is 0.374 e. The number of halogens is 3. The van der Waals surface area contributed by atoms with Crippen LogP contribution in [0, 0.1) is 5.82 Å². The predicted octanol–water partition coefficient (Wildman–Crippen LogP) is 4.20. The van der Waals surface area contributed by atoms with E-state index in [-0.39, 0.29) is 17.4 Å². The minimum atomic E-state index is -0.474. The van der Waals surface area contributed by atoms with Crippen molar-refractivity contribution in [1.29, 1.82) is 0 Å². The zero-order chi connectivity index (χ0) is 14.5. The van der Waals surface area contributed by atoms with Crippen LogP contribution in [0.4, 0.5) is 15.9 Å². The van der Waals surface area contributed by atoms with E-state index in [2.05, 4.69) is 15.3 Å².